The number of hydrogen-bond donors (Lipinski definition) is 0. The highest BCUT2D eigenvalue weighted by atomic mass is 32.2. The van der Waals surface area contributed by atoms with Crippen LogP contribution in [0.15, 0.2) is 58.1 Å². The Balaban J connectivity index is 1.84. The smallest absolute Gasteiger partial charge is 0.269 e. The molecule has 2 heterocycles. The summed E-state index contributed by atoms with van der Waals surface area (Å²) >= 11 is 2.55. The number of nitrogens with zero attached hydrogens (tertiary/aromatic N) is 2. The Bertz CT molecular complexity index is 960. The van der Waals surface area contributed by atoms with Gasteiger partial charge in [0.15, 0.2) is 0 Å². The van der Waals surface area contributed by atoms with E-state index in [1.54, 1.807) is 37.3 Å². The predicted molar refractivity (Wildman–Crippen MR) is 106 cm³/mol. The number of benzene rings is 1. The summed E-state index contributed by atoms with van der Waals surface area (Å²) in [5.74, 6) is 1.77. The van der Waals surface area contributed by atoms with Crippen LogP contribution in [0.3, 0.4) is 0 Å². The zero-order chi connectivity index (χ0) is 18.7. The first-order chi connectivity index (χ1) is 12.5. The SMILES string of the molecule is C=CCSC1=N/C(=C\c2ccc(-c3ccc([N+](=O)[O-])cc3C)o2)C(=O)S1. The Hall–Kier alpha value is -2.58. The fourth-order valence-corrected chi connectivity index (χ4v) is 3.93. The van der Waals surface area contributed by atoms with Crippen molar-refractivity contribution in [1.29, 1.82) is 0 Å². The molecule has 1 aromatic carbocycles. The summed E-state index contributed by atoms with van der Waals surface area (Å²) < 4.78 is 6.47. The average molecular weight is 386 g/mol. The molecular formula is C18H14N2O4S2. The van der Waals surface area contributed by atoms with Gasteiger partial charge in [-0.25, -0.2) is 4.99 Å². The van der Waals surface area contributed by atoms with Crippen LogP contribution in [0, 0.1) is 17.0 Å². The van der Waals surface area contributed by atoms with Crippen LogP contribution in [-0.4, -0.2) is 20.2 Å². The van der Waals surface area contributed by atoms with Gasteiger partial charge < -0.3 is 4.42 Å². The molecule has 8 heteroatoms. The maximum Gasteiger partial charge on any atom is 0.269 e. The van der Waals surface area contributed by atoms with Crippen LogP contribution in [0.5, 0.6) is 0 Å². The van der Waals surface area contributed by atoms with E-state index in [1.165, 1.54) is 23.9 Å². The molecular weight excluding hydrogens is 372 g/mol. The molecule has 0 N–H and O–H groups in total. The van der Waals surface area contributed by atoms with E-state index in [9.17, 15) is 14.9 Å². The normalized spacial score (nSPS) is 15.3. The lowest BCUT2D eigenvalue weighted by Gasteiger charge is -2.02. The van der Waals surface area contributed by atoms with E-state index in [2.05, 4.69) is 11.6 Å². The highest BCUT2D eigenvalue weighted by Gasteiger charge is 2.22. The second-order valence-corrected chi connectivity index (χ2v) is 7.58. The van der Waals surface area contributed by atoms with Crippen molar-refractivity contribution in [2.24, 2.45) is 4.99 Å². The first-order valence-corrected chi connectivity index (χ1v) is 9.39. The molecule has 0 saturated carbocycles. The standard InChI is InChI=1S/C18H14N2O4S2/c1-3-8-25-18-19-15(17(21)26-18)10-13-5-7-16(24-13)14-6-4-12(20(22)23)9-11(14)2/h3-7,9-10H,1,8H2,2H3/b15-10-. The van der Waals surface area contributed by atoms with E-state index in [0.717, 1.165) is 22.9 Å². The maximum absolute atomic E-state index is 12.0. The molecule has 132 valence electrons. The first kappa shape index (κ1) is 18.2. The van der Waals surface area contributed by atoms with Gasteiger partial charge >= 0.3 is 0 Å². The second kappa shape index (κ2) is 7.76. The Labute approximate surface area is 158 Å². The molecule has 1 aliphatic rings. The fourth-order valence-electron chi connectivity index (χ4n) is 2.33. The van der Waals surface area contributed by atoms with E-state index >= 15 is 0 Å². The van der Waals surface area contributed by atoms with E-state index in [0.29, 0.717) is 27.3 Å². The second-order valence-electron chi connectivity index (χ2n) is 5.35. The quantitative estimate of drug-likeness (QED) is 0.309. The monoisotopic (exact) mass is 386 g/mol. The van der Waals surface area contributed by atoms with Gasteiger partial charge in [0.05, 0.1) is 4.92 Å². The number of nitro benzene ring substituents is 1. The largest absolute Gasteiger partial charge is 0.457 e. The molecule has 0 radical (unpaired) electrons. The summed E-state index contributed by atoms with van der Waals surface area (Å²) in [5, 5.41) is 10.7. The molecule has 0 aliphatic carbocycles. The average Bonchev–Trinajstić information content (AvgIpc) is 3.20. The minimum Gasteiger partial charge on any atom is -0.457 e. The molecule has 2 aromatic rings. The van der Waals surface area contributed by atoms with Gasteiger partial charge in [0.2, 0.25) is 5.12 Å². The molecule has 3 rings (SSSR count). The zero-order valence-electron chi connectivity index (χ0n) is 13.8. The maximum atomic E-state index is 12.0. The molecule has 0 spiro atoms. The lowest BCUT2D eigenvalue weighted by molar-refractivity contribution is -0.384. The summed E-state index contributed by atoms with van der Waals surface area (Å²) in [6, 6.07) is 8.10. The van der Waals surface area contributed by atoms with Crippen LogP contribution in [0.4, 0.5) is 5.69 Å². The van der Waals surface area contributed by atoms with E-state index in [4.69, 9.17) is 4.42 Å². The number of non-ortho nitro benzene ring substituents is 1. The van der Waals surface area contributed by atoms with E-state index in [1.807, 2.05) is 0 Å². The van der Waals surface area contributed by atoms with Crippen LogP contribution >= 0.6 is 23.5 Å². The van der Waals surface area contributed by atoms with Gasteiger partial charge in [-0.1, -0.05) is 17.8 Å². The Morgan fingerprint density at radius 3 is 2.88 bits per heavy atom. The lowest BCUT2D eigenvalue weighted by atomic mass is 10.1. The van der Waals surface area contributed by atoms with Crippen molar-refractivity contribution in [3.8, 4) is 11.3 Å². The molecule has 0 bridgehead atoms. The third-order valence-corrected chi connectivity index (χ3v) is 5.52. The number of aryl methyl sites for hydroxylation is 1. The minimum atomic E-state index is -0.432. The van der Waals surface area contributed by atoms with E-state index in [-0.39, 0.29) is 10.8 Å². The molecule has 0 saturated heterocycles. The van der Waals surface area contributed by atoms with Crippen LogP contribution in [0.25, 0.3) is 17.4 Å². The van der Waals surface area contributed by atoms with Crippen LogP contribution in [0.1, 0.15) is 11.3 Å². The van der Waals surface area contributed by atoms with Gasteiger partial charge in [-0.05, 0) is 42.4 Å². The van der Waals surface area contributed by atoms with Crippen LogP contribution < -0.4 is 0 Å². The van der Waals surface area contributed by atoms with Crippen molar-refractivity contribution in [3.05, 3.63) is 70.1 Å². The van der Waals surface area contributed by atoms with Crippen LogP contribution in [0.2, 0.25) is 0 Å². The summed E-state index contributed by atoms with van der Waals surface area (Å²) in [5.41, 5.74) is 1.87. The Morgan fingerprint density at radius 1 is 1.38 bits per heavy atom. The number of carbonyl (C=O) groups excluding carboxylic acids is 1. The molecule has 26 heavy (non-hydrogen) atoms. The van der Waals surface area contributed by atoms with Gasteiger partial charge in [-0.15, -0.1) is 6.58 Å². The fraction of sp³-hybridized carbons (Fsp3) is 0.111. The lowest BCUT2D eigenvalue weighted by Crippen LogP contribution is -1.89. The van der Waals surface area contributed by atoms with Gasteiger partial charge in [-0.3, -0.25) is 14.9 Å². The highest BCUT2D eigenvalue weighted by molar-refractivity contribution is 8.45. The Morgan fingerprint density at radius 2 is 2.19 bits per heavy atom. The highest BCUT2D eigenvalue weighted by Crippen LogP contribution is 2.33. The number of rotatable bonds is 5. The minimum absolute atomic E-state index is 0.0348. The number of aliphatic imine (C=N–C) groups is 1. The molecule has 0 amide bonds. The van der Waals surface area contributed by atoms with Gasteiger partial charge in [0, 0.05) is 29.5 Å². The topological polar surface area (TPSA) is 85.7 Å². The van der Waals surface area contributed by atoms with Crippen molar-refractivity contribution < 1.29 is 14.1 Å². The van der Waals surface area contributed by atoms with Gasteiger partial charge in [-0.2, -0.15) is 0 Å². The number of thioether (sulfide) groups is 2. The summed E-state index contributed by atoms with van der Waals surface area (Å²) in [4.78, 5) is 26.7. The van der Waals surface area contributed by atoms with Gasteiger partial charge in [0.25, 0.3) is 5.69 Å². The zero-order valence-corrected chi connectivity index (χ0v) is 15.4. The molecule has 1 aromatic heterocycles. The molecule has 0 atom stereocenters. The number of hydrogen-bond acceptors (Lipinski definition) is 7. The number of carbonyl (C=O) groups is 1. The summed E-state index contributed by atoms with van der Waals surface area (Å²) in [7, 11) is 0. The van der Waals surface area contributed by atoms with Crippen molar-refractivity contribution >= 4 is 44.8 Å². The first-order valence-electron chi connectivity index (χ1n) is 7.59. The van der Waals surface area contributed by atoms with Crippen molar-refractivity contribution in [1.82, 2.24) is 0 Å². The van der Waals surface area contributed by atoms with Crippen LogP contribution in [-0.2, 0) is 4.79 Å². The molecule has 0 unspecified atom stereocenters. The summed E-state index contributed by atoms with van der Waals surface area (Å²) in [6.07, 6.45) is 3.35. The van der Waals surface area contributed by atoms with Crippen molar-refractivity contribution in [2.45, 2.75) is 6.92 Å². The van der Waals surface area contributed by atoms with Crippen molar-refractivity contribution in [2.75, 3.05) is 5.75 Å². The third kappa shape index (κ3) is 3.97. The summed E-state index contributed by atoms with van der Waals surface area (Å²) in [6.45, 7) is 5.43. The van der Waals surface area contributed by atoms with Crippen molar-refractivity contribution in [3.63, 3.8) is 0 Å². The number of nitro groups is 1. The van der Waals surface area contributed by atoms with Gasteiger partial charge in [0.1, 0.15) is 21.6 Å². The predicted octanol–water partition coefficient (Wildman–Crippen LogP) is 5.05. The Kier molecular flexibility index (Phi) is 5.43. The molecule has 1 aliphatic heterocycles. The molecule has 0 fully saturated rings. The number of furan rings is 1. The van der Waals surface area contributed by atoms with E-state index < -0.39 is 4.92 Å². The molecule has 6 nitrogen and oxygen atoms in total. The third-order valence-electron chi connectivity index (χ3n) is 3.52.